The predicted octanol–water partition coefficient (Wildman–Crippen LogP) is 1.48. The van der Waals surface area contributed by atoms with Crippen molar-refractivity contribution in [1.29, 1.82) is 0 Å². The van der Waals surface area contributed by atoms with Gasteiger partial charge in [-0.15, -0.1) is 0 Å². The number of rotatable bonds is 3. The number of fused-ring (bicyclic) bond motifs is 1. The van der Waals surface area contributed by atoms with Crippen LogP contribution in [0.15, 0.2) is 59.4 Å². The third-order valence-corrected chi connectivity index (χ3v) is 5.16. The Morgan fingerprint density at radius 3 is 2.24 bits per heavy atom. The third kappa shape index (κ3) is 3.16. The third-order valence-electron chi connectivity index (χ3n) is 5.16. The first-order chi connectivity index (χ1) is 14.0. The number of anilines is 1. The number of aromatic nitrogens is 1. The number of para-hydroxylation sites is 1. The molecule has 1 aliphatic rings. The summed E-state index contributed by atoms with van der Waals surface area (Å²) >= 11 is 0. The molecule has 9 nitrogen and oxygen atoms in total. The lowest BCUT2D eigenvalue weighted by Gasteiger charge is -2.36. The van der Waals surface area contributed by atoms with E-state index in [1.165, 1.54) is 0 Å². The van der Waals surface area contributed by atoms with Crippen molar-refractivity contribution in [3.05, 3.63) is 75.4 Å². The van der Waals surface area contributed by atoms with Gasteiger partial charge in [-0.05, 0) is 18.2 Å². The van der Waals surface area contributed by atoms with Crippen LogP contribution in [0.5, 0.6) is 0 Å². The average Bonchev–Trinajstić information content (AvgIpc) is 2.76. The van der Waals surface area contributed by atoms with Crippen molar-refractivity contribution in [3.8, 4) is 0 Å². The van der Waals surface area contributed by atoms with E-state index < -0.39 is 16.2 Å². The molecule has 9 heteroatoms. The number of amides is 1. The molecule has 148 valence electrons. The fourth-order valence-electron chi connectivity index (χ4n) is 3.73. The minimum absolute atomic E-state index is 0.0692. The Labute approximate surface area is 165 Å². The summed E-state index contributed by atoms with van der Waals surface area (Å²) in [6.07, 6.45) is 0. The predicted molar refractivity (Wildman–Crippen MR) is 108 cm³/mol. The number of nitrogen functional groups attached to an aromatic ring is 1. The Hall–Kier alpha value is -3.88. The molecule has 3 N–H and O–H groups in total. The number of benzene rings is 2. The molecule has 2 heterocycles. The summed E-state index contributed by atoms with van der Waals surface area (Å²) < 4.78 is 0.852. The number of hydrogen-bond acceptors (Lipinski definition) is 5. The van der Waals surface area contributed by atoms with Crippen LogP contribution in [0.2, 0.25) is 0 Å². The van der Waals surface area contributed by atoms with Gasteiger partial charge in [0.25, 0.3) is 10.8 Å². The quantitative estimate of drug-likeness (QED) is 0.514. The van der Waals surface area contributed by atoms with Crippen molar-refractivity contribution in [3.63, 3.8) is 0 Å². The molecule has 0 spiro atoms. The molecule has 3 aromatic rings. The number of pyridine rings is 1. The minimum Gasteiger partial charge on any atom is -0.362 e. The molecule has 0 saturated carbocycles. The lowest BCUT2D eigenvalue weighted by atomic mass is 10.1. The van der Waals surface area contributed by atoms with Gasteiger partial charge < -0.3 is 15.6 Å². The monoisotopic (exact) mass is 394 g/mol. The van der Waals surface area contributed by atoms with Crippen molar-refractivity contribution in [2.45, 2.75) is 0 Å². The summed E-state index contributed by atoms with van der Waals surface area (Å²) in [5.74, 6) is 5.77. The minimum atomic E-state index is -0.793. The number of nitrogens with zero attached hydrogens (tertiary/aromatic N) is 4. The maximum absolute atomic E-state index is 12.7. The van der Waals surface area contributed by atoms with E-state index in [1.54, 1.807) is 41.3 Å². The van der Waals surface area contributed by atoms with E-state index >= 15 is 0 Å². The van der Waals surface area contributed by atoms with E-state index in [4.69, 9.17) is 5.84 Å². The molecule has 1 saturated heterocycles. The number of nitrogens with two attached hydrogens (primary N) is 1. The van der Waals surface area contributed by atoms with Crippen molar-refractivity contribution in [2.75, 3.05) is 36.9 Å². The fourth-order valence-corrected chi connectivity index (χ4v) is 3.73. The molecule has 0 radical (unpaired) electrons. The van der Waals surface area contributed by atoms with E-state index in [0.29, 0.717) is 48.3 Å². The van der Waals surface area contributed by atoms with Crippen LogP contribution >= 0.6 is 0 Å². The van der Waals surface area contributed by atoms with Crippen LogP contribution in [0, 0.1) is 4.91 Å². The second-order valence-corrected chi connectivity index (χ2v) is 6.81. The lowest BCUT2D eigenvalue weighted by Crippen LogP contribution is -2.49. The summed E-state index contributed by atoms with van der Waals surface area (Å²) in [5, 5.41) is 10.2. The Morgan fingerprint density at radius 1 is 0.966 bits per heavy atom. The first-order valence-electron chi connectivity index (χ1n) is 9.17. The summed E-state index contributed by atoms with van der Waals surface area (Å²) in [5.41, 5.74) is 0.143. The fraction of sp³-hybridized carbons (Fsp3) is 0.200. The highest BCUT2D eigenvalue weighted by Crippen LogP contribution is 2.33. The second-order valence-electron chi connectivity index (χ2n) is 6.81. The van der Waals surface area contributed by atoms with Crippen LogP contribution in [0.25, 0.3) is 10.9 Å². The summed E-state index contributed by atoms with van der Waals surface area (Å²) in [7, 11) is 0. The molecule has 1 fully saturated rings. The van der Waals surface area contributed by atoms with E-state index in [0.717, 1.165) is 4.68 Å². The average molecular weight is 394 g/mol. The molecule has 4 rings (SSSR count). The van der Waals surface area contributed by atoms with Crippen molar-refractivity contribution < 1.29 is 14.9 Å². The number of hydrogen-bond donors (Lipinski definition) is 2. The van der Waals surface area contributed by atoms with Crippen LogP contribution in [-0.4, -0.2) is 51.8 Å². The van der Waals surface area contributed by atoms with E-state index in [1.807, 2.05) is 23.1 Å². The summed E-state index contributed by atoms with van der Waals surface area (Å²) in [6, 6.07) is 15.9. The van der Waals surface area contributed by atoms with Gasteiger partial charge in [0.15, 0.2) is 0 Å². The lowest BCUT2D eigenvalue weighted by molar-refractivity contribution is -0.730. The maximum atomic E-state index is 12.7. The van der Waals surface area contributed by atoms with Gasteiger partial charge in [0.2, 0.25) is 0 Å². The molecule has 0 unspecified atom stereocenters. The second kappa shape index (κ2) is 7.27. The molecule has 2 aromatic carbocycles. The molecule has 1 aromatic heterocycles. The van der Waals surface area contributed by atoms with Gasteiger partial charge >= 0.3 is 11.2 Å². The Balaban J connectivity index is 1.69. The van der Waals surface area contributed by atoms with Crippen LogP contribution in [0.3, 0.4) is 0 Å². The number of piperazine rings is 1. The van der Waals surface area contributed by atoms with Crippen LogP contribution in [0.1, 0.15) is 10.4 Å². The van der Waals surface area contributed by atoms with Gasteiger partial charge in [0, 0.05) is 37.1 Å². The van der Waals surface area contributed by atoms with Gasteiger partial charge in [0.05, 0.1) is 10.4 Å². The number of carbonyl (C=O) groups excluding carboxylic acids is 1. The van der Waals surface area contributed by atoms with Gasteiger partial charge in [-0.3, -0.25) is 9.59 Å². The standard InChI is InChI=1S/C20H20N5O4/c21-24-16-9-5-4-8-15(16)17(18(20(24)27)25(28)29)22-10-12-23(13-11-22)19(26)14-6-2-1-3-7-14/h1-9H,10-13,21H2,(H,28,29)/q+1. The SMILES string of the molecule is Nn1c(=O)c([N+](=O)O)c(N2CCN(C(=O)c3ccccc3)CC2)c2ccccc21. The largest absolute Gasteiger partial charge is 0.406 e. The molecule has 0 bridgehead atoms. The molecule has 29 heavy (non-hydrogen) atoms. The maximum Gasteiger partial charge on any atom is 0.406 e. The van der Waals surface area contributed by atoms with Gasteiger partial charge in [0.1, 0.15) is 5.69 Å². The molecule has 1 amide bonds. The highest BCUT2D eigenvalue weighted by molar-refractivity contribution is 5.97. The zero-order valence-corrected chi connectivity index (χ0v) is 15.6. The summed E-state index contributed by atoms with van der Waals surface area (Å²) in [4.78, 5) is 40.2. The smallest absolute Gasteiger partial charge is 0.362 e. The van der Waals surface area contributed by atoms with Gasteiger partial charge in [-0.1, -0.05) is 36.4 Å². The van der Waals surface area contributed by atoms with Crippen molar-refractivity contribution in [1.82, 2.24) is 9.58 Å². The molecule has 0 atom stereocenters. The molecule has 0 aliphatic carbocycles. The zero-order chi connectivity index (χ0) is 20.5. The van der Waals surface area contributed by atoms with Gasteiger partial charge in [-0.25, -0.2) is 9.88 Å². The van der Waals surface area contributed by atoms with E-state index in [2.05, 4.69) is 0 Å². The first kappa shape index (κ1) is 18.5. The van der Waals surface area contributed by atoms with Crippen molar-refractivity contribution in [2.24, 2.45) is 0 Å². The molecule has 1 aliphatic heterocycles. The Bertz CT molecular complexity index is 1150. The van der Waals surface area contributed by atoms with Crippen molar-refractivity contribution >= 4 is 28.2 Å². The Morgan fingerprint density at radius 2 is 1.59 bits per heavy atom. The van der Waals surface area contributed by atoms with Crippen LogP contribution in [0.4, 0.5) is 11.4 Å². The zero-order valence-electron chi connectivity index (χ0n) is 15.6. The normalized spacial score (nSPS) is 14.2. The first-order valence-corrected chi connectivity index (χ1v) is 9.17. The highest BCUT2D eigenvalue weighted by Gasteiger charge is 2.34. The topological polar surface area (TPSA) is 112 Å². The number of carbonyl (C=O) groups is 1. The highest BCUT2D eigenvalue weighted by atomic mass is 16.6. The van der Waals surface area contributed by atoms with Gasteiger partial charge in [-0.2, -0.15) is 0 Å². The Kier molecular flexibility index (Phi) is 4.63. The van der Waals surface area contributed by atoms with Crippen LogP contribution in [-0.2, 0) is 0 Å². The van der Waals surface area contributed by atoms with E-state index in [9.17, 15) is 19.7 Å². The molecular formula is C20H20N5O4+. The van der Waals surface area contributed by atoms with E-state index in [-0.39, 0.29) is 5.91 Å². The summed E-state index contributed by atoms with van der Waals surface area (Å²) in [6.45, 7) is 1.63. The van der Waals surface area contributed by atoms with Crippen LogP contribution < -0.4 is 16.3 Å². The molecular weight excluding hydrogens is 374 g/mol.